The molecule has 0 amide bonds. The molecule has 1 aromatic heterocycles. The van der Waals surface area contributed by atoms with E-state index in [-0.39, 0.29) is 0 Å². The Kier molecular flexibility index (Phi) is 4.87. The molecule has 1 heterocycles. The van der Waals surface area contributed by atoms with Gasteiger partial charge in [0.1, 0.15) is 15.8 Å². The van der Waals surface area contributed by atoms with E-state index in [0.717, 1.165) is 28.7 Å². The Bertz CT molecular complexity index is 510. The van der Waals surface area contributed by atoms with Gasteiger partial charge in [-0.3, -0.25) is 0 Å². The lowest BCUT2D eigenvalue weighted by Gasteiger charge is -2.16. The number of methoxy groups -OCH3 is 1. The topological polar surface area (TPSA) is 47.0 Å². The highest BCUT2D eigenvalue weighted by molar-refractivity contribution is 7.11. The Labute approximate surface area is 117 Å². The van der Waals surface area contributed by atoms with Crippen molar-refractivity contribution in [2.24, 2.45) is 0 Å². The fourth-order valence-electron chi connectivity index (χ4n) is 1.95. The lowest BCUT2D eigenvalue weighted by molar-refractivity contribution is 0.414. The summed E-state index contributed by atoms with van der Waals surface area (Å²) < 4.78 is 5.18. The van der Waals surface area contributed by atoms with Gasteiger partial charge >= 0.3 is 0 Å². The summed E-state index contributed by atoms with van der Waals surface area (Å²) in [6.07, 6.45) is 1.03. The first-order chi connectivity index (χ1) is 9.22. The Morgan fingerprint density at radius 2 is 2.00 bits per heavy atom. The van der Waals surface area contributed by atoms with Crippen molar-refractivity contribution in [1.82, 2.24) is 15.5 Å². The highest BCUT2D eigenvalue weighted by Gasteiger charge is 2.10. The number of benzene rings is 1. The standard InChI is InChI=1S/C14H19N3OS/c1-4-13(11-5-7-12(18-3)8-6-11)15-9-14-17-16-10(2)19-14/h5-8,13,15H,4,9H2,1-3H3/t13-/m1/s1. The molecule has 4 nitrogen and oxygen atoms in total. The van der Waals surface area contributed by atoms with E-state index in [1.165, 1.54) is 5.56 Å². The number of aryl methyl sites for hydroxylation is 1. The van der Waals surface area contributed by atoms with Crippen molar-refractivity contribution in [3.05, 3.63) is 39.8 Å². The molecule has 1 atom stereocenters. The minimum atomic E-state index is 0.329. The molecule has 0 bridgehead atoms. The van der Waals surface area contributed by atoms with Crippen molar-refractivity contribution in [3.63, 3.8) is 0 Å². The van der Waals surface area contributed by atoms with Crippen LogP contribution in [0.2, 0.25) is 0 Å². The Hall–Kier alpha value is -1.46. The quantitative estimate of drug-likeness (QED) is 0.881. The van der Waals surface area contributed by atoms with Crippen molar-refractivity contribution in [3.8, 4) is 5.75 Å². The monoisotopic (exact) mass is 277 g/mol. The second kappa shape index (κ2) is 6.63. The molecular weight excluding hydrogens is 258 g/mol. The lowest BCUT2D eigenvalue weighted by atomic mass is 10.0. The van der Waals surface area contributed by atoms with Crippen LogP contribution in [0, 0.1) is 6.92 Å². The molecule has 19 heavy (non-hydrogen) atoms. The van der Waals surface area contributed by atoms with Crippen molar-refractivity contribution >= 4 is 11.3 Å². The largest absolute Gasteiger partial charge is 0.497 e. The van der Waals surface area contributed by atoms with Crippen LogP contribution in [0.4, 0.5) is 0 Å². The molecule has 1 aromatic carbocycles. The van der Waals surface area contributed by atoms with E-state index in [9.17, 15) is 0 Å². The summed E-state index contributed by atoms with van der Waals surface area (Å²) in [4.78, 5) is 0. The fraction of sp³-hybridized carbons (Fsp3) is 0.429. The van der Waals surface area contributed by atoms with E-state index >= 15 is 0 Å². The molecule has 0 aliphatic rings. The first-order valence-corrected chi connectivity index (χ1v) is 7.21. The van der Waals surface area contributed by atoms with Gasteiger partial charge in [-0.1, -0.05) is 19.1 Å². The Morgan fingerprint density at radius 1 is 1.26 bits per heavy atom. The molecule has 102 valence electrons. The van der Waals surface area contributed by atoms with Gasteiger partial charge in [-0.25, -0.2) is 0 Å². The summed E-state index contributed by atoms with van der Waals surface area (Å²) in [5.41, 5.74) is 1.27. The zero-order valence-corrected chi connectivity index (χ0v) is 12.3. The highest BCUT2D eigenvalue weighted by atomic mass is 32.1. The zero-order valence-electron chi connectivity index (χ0n) is 11.5. The Morgan fingerprint density at radius 3 is 2.53 bits per heavy atom. The fourth-order valence-corrected chi connectivity index (χ4v) is 2.61. The van der Waals surface area contributed by atoms with Crippen molar-refractivity contribution in [1.29, 1.82) is 0 Å². The maximum absolute atomic E-state index is 5.18. The molecule has 0 fully saturated rings. The van der Waals surface area contributed by atoms with E-state index in [0.29, 0.717) is 6.04 Å². The van der Waals surface area contributed by atoms with Gasteiger partial charge in [0.25, 0.3) is 0 Å². The average Bonchev–Trinajstić information content (AvgIpc) is 2.86. The van der Waals surface area contributed by atoms with Crippen LogP contribution in [0.5, 0.6) is 5.75 Å². The lowest BCUT2D eigenvalue weighted by Crippen LogP contribution is -2.20. The average molecular weight is 277 g/mol. The minimum Gasteiger partial charge on any atom is -0.497 e. The maximum Gasteiger partial charge on any atom is 0.131 e. The Balaban J connectivity index is 1.98. The summed E-state index contributed by atoms with van der Waals surface area (Å²) in [6.45, 7) is 4.91. The smallest absolute Gasteiger partial charge is 0.131 e. The van der Waals surface area contributed by atoms with Gasteiger partial charge in [-0.2, -0.15) is 0 Å². The maximum atomic E-state index is 5.18. The molecule has 0 saturated carbocycles. The van der Waals surface area contributed by atoms with Crippen LogP contribution in [0.3, 0.4) is 0 Å². The van der Waals surface area contributed by atoms with Gasteiger partial charge in [0.2, 0.25) is 0 Å². The molecule has 0 saturated heterocycles. The first kappa shape index (κ1) is 14.0. The molecule has 0 aliphatic heterocycles. The van der Waals surface area contributed by atoms with Gasteiger partial charge < -0.3 is 10.1 Å². The van der Waals surface area contributed by atoms with E-state index in [1.54, 1.807) is 18.4 Å². The summed E-state index contributed by atoms with van der Waals surface area (Å²) in [5, 5.41) is 13.7. The number of hydrogen-bond donors (Lipinski definition) is 1. The molecular formula is C14H19N3OS. The third-order valence-electron chi connectivity index (χ3n) is 2.99. The molecule has 0 unspecified atom stereocenters. The summed E-state index contributed by atoms with van der Waals surface area (Å²) in [6, 6.07) is 8.52. The van der Waals surface area contributed by atoms with E-state index in [2.05, 4.69) is 34.6 Å². The summed E-state index contributed by atoms with van der Waals surface area (Å²) in [5.74, 6) is 0.887. The molecule has 2 rings (SSSR count). The van der Waals surface area contributed by atoms with Gasteiger partial charge in [-0.15, -0.1) is 21.5 Å². The summed E-state index contributed by atoms with van der Waals surface area (Å²) in [7, 11) is 1.68. The van der Waals surface area contributed by atoms with Crippen molar-refractivity contribution < 1.29 is 4.74 Å². The number of ether oxygens (including phenoxy) is 1. The van der Waals surface area contributed by atoms with E-state index in [1.807, 2.05) is 19.1 Å². The van der Waals surface area contributed by atoms with Crippen LogP contribution >= 0.6 is 11.3 Å². The number of hydrogen-bond acceptors (Lipinski definition) is 5. The molecule has 0 aliphatic carbocycles. The predicted octanol–water partition coefficient (Wildman–Crippen LogP) is 3.10. The first-order valence-electron chi connectivity index (χ1n) is 6.39. The van der Waals surface area contributed by atoms with Crippen LogP contribution in [0.25, 0.3) is 0 Å². The third kappa shape index (κ3) is 3.75. The van der Waals surface area contributed by atoms with Gasteiger partial charge in [0.05, 0.1) is 13.7 Å². The van der Waals surface area contributed by atoms with Crippen molar-refractivity contribution in [2.75, 3.05) is 7.11 Å². The second-order valence-electron chi connectivity index (χ2n) is 4.33. The van der Waals surface area contributed by atoms with Gasteiger partial charge in [0.15, 0.2) is 0 Å². The number of nitrogens with one attached hydrogen (secondary N) is 1. The normalized spacial score (nSPS) is 12.4. The third-order valence-corrected chi connectivity index (χ3v) is 3.83. The van der Waals surface area contributed by atoms with E-state index < -0.39 is 0 Å². The highest BCUT2D eigenvalue weighted by Crippen LogP contribution is 2.20. The van der Waals surface area contributed by atoms with E-state index in [4.69, 9.17) is 4.74 Å². The number of aromatic nitrogens is 2. The molecule has 1 N–H and O–H groups in total. The van der Waals surface area contributed by atoms with Gasteiger partial charge in [-0.05, 0) is 31.0 Å². The van der Waals surface area contributed by atoms with Crippen LogP contribution in [0.1, 0.15) is 35.0 Å². The zero-order chi connectivity index (χ0) is 13.7. The van der Waals surface area contributed by atoms with Crippen LogP contribution in [0.15, 0.2) is 24.3 Å². The predicted molar refractivity (Wildman–Crippen MR) is 77.5 cm³/mol. The SMILES string of the molecule is CC[C@@H](NCc1nnc(C)s1)c1ccc(OC)cc1. The summed E-state index contributed by atoms with van der Waals surface area (Å²) >= 11 is 1.64. The van der Waals surface area contributed by atoms with Crippen LogP contribution in [-0.2, 0) is 6.54 Å². The number of rotatable bonds is 6. The van der Waals surface area contributed by atoms with Gasteiger partial charge in [0, 0.05) is 6.04 Å². The van der Waals surface area contributed by atoms with Crippen molar-refractivity contribution in [2.45, 2.75) is 32.9 Å². The van der Waals surface area contributed by atoms with Crippen LogP contribution < -0.4 is 10.1 Å². The molecule has 0 spiro atoms. The molecule has 2 aromatic rings. The molecule has 0 radical (unpaired) electrons. The second-order valence-corrected chi connectivity index (χ2v) is 5.60. The van der Waals surface area contributed by atoms with Crippen LogP contribution in [-0.4, -0.2) is 17.3 Å². The minimum absolute atomic E-state index is 0.329. The molecule has 5 heteroatoms. The number of nitrogens with zero attached hydrogens (tertiary/aromatic N) is 2.